The quantitative estimate of drug-likeness (QED) is 0.724. The molecule has 0 aliphatic heterocycles. The van der Waals surface area contributed by atoms with E-state index >= 15 is 0 Å². The lowest BCUT2D eigenvalue weighted by Gasteiger charge is -2.26. The lowest BCUT2D eigenvalue weighted by atomic mass is 9.78. The highest BCUT2D eigenvalue weighted by atomic mass is 19.1. The Labute approximate surface area is 99.9 Å². The highest BCUT2D eigenvalue weighted by molar-refractivity contribution is 5.38. The smallest absolute Gasteiger partial charge is 0.127 e. The van der Waals surface area contributed by atoms with Gasteiger partial charge in [-0.25, -0.2) is 8.78 Å². The first-order valence-electron chi connectivity index (χ1n) is 5.53. The monoisotopic (exact) mass is 232 g/mol. The number of hydrogen-bond donors (Lipinski definition) is 0. The molecule has 0 saturated heterocycles. The molecule has 0 aromatic heterocycles. The minimum Gasteiger partial charge on any atom is -0.207 e. The number of halogens is 2. The fourth-order valence-electron chi connectivity index (χ4n) is 1.99. The Morgan fingerprint density at radius 2 is 1.53 bits per heavy atom. The molecule has 0 aliphatic carbocycles. The predicted octanol–water partition coefficient (Wildman–Crippen LogP) is 4.29. The molecule has 0 saturated carbocycles. The third-order valence-corrected chi connectivity index (χ3v) is 3.10. The molecular weight excluding hydrogens is 218 g/mol. The SMILES string of the molecule is CC(C)(c1ccccc1)c1cc(F)ccc1F. The minimum absolute atomic E-state index is 0.375. The van der Waals surface area contributed by atoms with Gasteiger partial charge in [0.1, 0.15) is 11.6 Å². The molecule has 0 amide bonds. The maximum atomic E-state index is 13.8. The van der Waals surface area contributed by atoms with Crippen LogP contribution in [0.3, 0.4) is 0 Å². The summed E-state index contributed by atoms with van der Waals surface area (Å²) in [7, 11) is 0. The largest absolute Gasteiger partial charge is 0.207 e. The maximum absolute atomic E-state index is 13.8. The summed E-state index contributed by atoms with van der Waals surface area (Å²) in [5, 5.41) is 0. The zero-order valence-corrected chi connectivity index (χ0v) is 9.87. The third-order valence-electron chi connectivity index (χ3n) is 3.10. The molecule has 0 atom stereocenters. The number of hydrogen-bond acceptors (Lipinski definition) is 0. The van der Waals surface area contributed by atoms with Crippen molar-refractivity contribution in [3.05, 3.63) is 71.3 Å². The molecule has 0 nitrogen and oxygen atoms in total. The highest BCUT2D eigenvalue weighted by Gasteiger charge is 2.26. The molecule has 0 unspecified atom stereocenters. The van der Waals surface area contributed by atoms with Crippen LogP contribution in [-0.4, -0.2) is 0 Å². The molecular formula is C15H14F2. The standard InChI is InChI=1S/C15H14F2/c1-15(2,11-6-4-3-5-7-11)13-10-12(16)8-9-14(13)17/h3-10H,1-2H3. The second kappa shape index (κ2) is 4.28. The van der Waals surface area contributed by atoms with Crippen molar-refractivity contribution in [3.63, 3.8) is 0 Å². The summed E-state index contributed by atoms with van der Waals surface area (Å²) in [4.78, 5) is 0. The van der Waals surface area contributed by atoms with E-state index in [4.69, 9.17) is 0 Å². The molecule has 17 heavy (non-hydrogen) atoms. The summed E-state index contributed by atoms with van der Waals surface area (Å²) in [6.45, 7) is 3.78. The summed E-state index contributed by atoms with van der Waals surface area (Å²) in [6.07, 6.45) is 0. The van der Waals surface area contributed by atoms with Crippen LogP contribution in [0.1, 0.15) is 25.0 Å². The topological polar surface area (TPSA) is 0 Å². The summed E-state index contributed by atoms with van der Waals surface area (Å²) in [5.74, 6) is -0.786. The van der Waals surface area contributed by atoms with Crippen LogP contribution in [0.25, 0.3) is 0 Å². The minimum atomic E-state index is -0.548. The second-order valence-electron chi connectivity index (χ2n) is 4.62. The van der Waals surface area contributed by atoms with Gasteiger partial charge in [0, 0.05) is 11.0 Å². The average molecular weight is 232 g/mol. The predicted molar refractivity (Wildman–Crippen MR) is 64.9 cm³/mol. The lowest BCUT2D eigenvalue weighted by Crippen LogP contribution is -2.20. The fraction of sp³-hybridized carbons (Fsp3) is 0.200. The molecule has 0 bridgehead atoms. The Morgan fingerprint density at radius 1 is 0.882 bits per heavy atom. The molecule has 0 aliphatic rings. The first-order valence-corrected chi connectivity index (χ1v) is 5.53. The highest BCUT2D eigenvalue weighted by Crippen LogP contribution is 2.33. The van der Waals surface area contributed by atoms with Crippen LogP contribution in [0.15, 0.2) is 48.5 Å². The first kappa shape index (κ1) is 11.8. The van der Waals surface area contributed by atoms with Crippen LogP contribution in [0, 0.1) is 11.6 Å². The van der Waals surface area contributed by atoms with E-state index in [-0.39, 0.29) is 5.82 Å². The molecule has 88 valence electrons. The lowest BCUT2D eigenvalue weighted by molar-refractivity contribution is 0.533. The fourth-order valence-corrected chi connectivity index (χ4v) is 1.99. The van der Waals surface area contributed by atoms with Crippen molar-refractivity contribution in [2.45, 2.75) is 19.3 Å². The zero-order valence-electron chi connectivity index (χ0n) is 9.87. The number of rotatable bonds is 2. The summed E-state index contributed by atoms with van der Waals surface area (Å²) < 4.78 is 27.0. The Morgan fingerprint density at radius 3 is 2.18 bits per heavy atom. The van der Waals surface area contributed by atoms with Crippen molar-refractivity contribution in [3.8, 4) is 0 Å². The van der Waals surface area contributed by atoms with Crippen LogP contribution in [0.5, 0.6) is 0 Å². The normalized spacial score (nSPS) is 11.5. The van der Waals surface area contributed by atoms with E-state index in [1.165, 1.54) is 12.1 Å². The third kappa shape index (κ3) is 2.21. The molecule has 0 heterocycles. The molecule has 0 radical (unpaired) electrons. The van der Waals surface area contributed by atoms with E-state index in [0.29, 0.717) is 5.56 Å². The van der Waals surface area contributed by atoms with Gasteiger partial charge in [-0.1, -0.05) is 44.2 Å². The summed E-state index contributed by atoms with van der Waals surface area (Å²) in [6, 6.07) is 13.1. The van der Waals surface area contributed by atoms with E-state index in [1.54, 1.807) is 0 Å². The van der Waals surface area contributed by atoms with Gasteiger partial charge >= 0.3 is 0 Å². The van der Waals surface area contributed by atoms with E-state index < -0.39 is 11.2 Å². The molecule has 2 aromatic rings. The Hall–Kier alpha value is -1.70. The van der Waals surface area contributed by atoms with Gasteiger partial charge in [-0.3, -0.25) is 0 Å². The van der Waals surface area contributed by atoms with Crippen LogP contribution in [0.2, 0.25) is 0 Å². The van der Waals surface area contributed by atoms with E-state index in [1.807, 2.05) is 44.2 Å². The zero-order chi connectivity index (χ0) is 12.5. The molecule has 2 heteroatoms. The van der Waals surface area contributed by atoms with Gasteiger partial charge in [0.2, 0.25) is 0 Å². The number of benzene rings is 2. The summed E-state index contributed by atoms with van der Waals surface area (Å²) in [5.41, 5.74) is 0.793. The molecule has 0 spiro atoms. The maximum Gasteiger partial charge on any atom is 0.127 e. The van der Waals surface area contributed by atoms with Crippen molar-refractivity contribution >= 4 is 0 Å². The Kier molecular flexibility index (Phi) is 2.97. The summed E-state index contributed by atoms with van der Waals surface area (Å²) >= 11 is 0. The first-order chi connectivity index (χ1) is 8.01. The van der Waals surface area contributed by atoms with Gasteiger partial charge in [-0.05, 0) is 23.8 Å². The van der Waals surface area contributed by atoms with Crippen molar-refractivity contribution in [1.82, 2.24) is 0 Å². The van der Waals surface area contributed by atoms with Crippen molar-refractivity contribution in [1.29, 1.82) is 0 Å². The van der Waals surface area contributed by atoms with Gasteiger partial charge in [-0.15, -0.1) is 0 Å². The van der Waals surface area contributed by atoms with Gasteiger partial charge in [0.15, 0.2) is 0 Å². The van der Waals surface area contributed by atoms with Gasteiger partial charge in [-0.2, -0.15) is 0 Å². The van der Waals surface area contributed by atoms with Gasteiger partial charge < -0.3 is 0 Å². The molecule has 2 aromatic carbocycles. The Bertz CT molecular complexity index is 516. The van der Waals surface area contributed by atoms with Crippen LogP contribution in [-0.2, 0) is 5.41 Å². The van der Waals surface area contributed by atoms with Gasteiger partial charge in [0.25, 0.3) is 0 Å². The van der Waals surface area contributed by atoms with Crippen LogP contribution in [0.4, 0.5) is 8.78 Å². The van der Waals surface area contributed by atoms with E-state index in [2.05, 4.69) is 0 Å². The van der Waals surface area contributed by atoms with Crippen LogP contribution < -0.4 is 0 Å². The second-order valence-corrected chi connectivity index (χ2v) is 4.62. The van der Waals surface area contributed by atoms with Crippen molar-refractivity contribution in [2.24, 2.45) is 0 Å². The van der Waals surface area contributed by atoms with Gasteiger partial charge in [0.05, 0.1) is 0 Å². The molecule has 0 fully saturated rings. The molecule has 0 N–H and O–H groups in total. The van der Waals surface area contributed by atoms with Crippen molar-refractivity contribution in [2.75, 3.05) is 0 Å². The van der Waals surface area contributed by atoms with E-state index in [0.717, 1.165) is 11.6 Å². The van der Waals surface area contributed by atoms with Crippen LogP contribution >= 0.6 is 0 Å². The van der Waals surface area contributed by atoms with Crippen molar-refractivity contribution < 1.29 is 8.78 Å². The van der Waals surface area contributed by atoms with E-state index in [9.17, 15) is 8.78 Å². The average Bonchev–Trinajstić information content (AvgIpc) is 2.33. The Balaban J connectivity index is 2.55. The molecule has 2 rings (SSSR count).